The Balaban J connectivity index is 2.08. The zero-order valence-corrected chi connectivity index (χ0v) is 17.1. The first-order valence-corrected chi connectivity index (χ1v) is 9.52. The number of carbonyl (C=O) groups is 2. The van der Waals surface area contributed by atoms with Crippen molar-refractivity contribution in [3.05, 3.63) is 65.2 Å². The summed E-state index contributed by atoms with van der Waals surface area (Å²) in [5, 5.41) is 10.9. The van der Waals surface area contributed by atoms with Crippen molar-refractivity contribution in [2.75, 3.05) is 34.3 Å². The monoisotopic (exact) mass is 413 g/mol. The Morgan fingerprint density at radius 3 is 2.67 bits per heavy atom. The number of aliphatic hydroxyl groups excluding tert-OH is 1. The quantitative estimate of drug-likeness (QED) is 0.427. The van der Waals surface area contributed by atoms with Crippen molar-refractivity contribution in [2.45, 2.75) is 12.5 Å². The van der Waals surface area contributed by atoms with Crippen molar-refractivity contribution in [2.24, 2.45) is 0 Å². The minimum absolute atomic E-state index is 0.0134. The fourth-order valence-corrected chi connectivity index (χ4v) is 3.52. The van der Waals surface area contributed by atoms with Crippen LogP contribution in [0.25, 0.3) is 5.76 Å². The van der Waals surface area contributed by atoms with Gasteiger partial charge in [0.15, 0.2) is 11.6 Å². The van der Waals surface area contributed by atoms with E-state index in [0.717, 1.165) is 12.6 Å². The van der Waals surface area contributed by atoms with E-state index in [9.17, 15) is 19.1 Å². The molecule has 1 fully saturated rings. The van der Waals surface area contributed by atoms with Gasteiger partial charge in [-0.15, -0.1) is 0 Å². The lowest BCUT2D eigenvalue weighted by atomic mass is 9.96. The molecule has 158 valence electrons. The lowest BCUT2D eigenvalue weighted by molar-refractivity contribution is -0.139. The molecule has 30 heavy (non-hydrogen) atoms. The number of ether oxygens (including phenoxy) is 1. The molecule has 0 spiro atoms. The molecule has 1 aliphatic rings. The van der Waals surface area contributed by atoms with Crippen molar-refractivity contribution in [3.8, 4) is 5.75 Å². The molecule has 1 N–H and O–H groups in total. The van der Waals surface area contributed by atoms with Crippen LogP contribution in [0.3, 0.4) is 0 Å². The number of methoxy groups -OCH3 is 1. The molecule has 2 aromatic rings. The highest BCUT2D eigenvalue weighted by molar-refractivity contribution is 6.46. The summed E-state index contributed by atoms with van der Waals surface area (Å²) in [6, 6.07) is 6.51. The highest BCUT2D eigenvalue weighted by Crippen LogP contribution is 2.39. The van der Waals surface area contributed by atoms with E-state index in [2.05, 4.69) is 4.98 Å². The van der Waals surface area contributed by atoms with Gasteiger partial charge in [0.1, 0.15) is 5.76 Å². The lowest BCUT2D eigenvalue weighted by Crippen LogP contribution is -2.32. The highest BCUT2D eigenvalue weighted by atomic mass is 19.1. The van der Waals surface area contributed by atoms with E-state index in [0.29, 0.717) is 18.5 Å². The summed E-state index contributed by atoms with van der Waals surface area (Å²) in [5.74, 6) is -2.60. The molecule has 0 saturated carbocycles. The number of carbonyl (C=O) groups excluding carboxylic acids is 2. The molecule has 7 nitrogen and oxygen atoms in total. The Kier molecular flexibility index (Phi) is 6.47. The Bertz CT molecular complexity index is 976. The van der Waals surface area contributed by atoms with Gasteiger partial charge < -0.3 is 19.6 Å². The number of ketones is 1. The van der Waals surface area contributed by atoms with Crippen LogP contribution in [0.15, 0.2) is 48.3 Å². The van der Waals surface area contributed by atoms with E-state index >= 15 is 0 Å². The fourth-order valence-electron chi connectivity index (χ4n) is 3.52. The number of hydrogen-bond acceptors (Lipinski definition) is 6. The molecular formula is C22H24FN3O4. The summed E-state index contributed by atoms with van der Waals surface area (Å²) in [5.41, 5.74) is 0.605. The third-order valence-electron chi connectivity index (χ3n) is 4.97. The van der Waals surface area contributed by atoms with Gasteiger partial charge in [-0.3, -0.25) is 14.6 Å². The number of Topliss-reactive ketones (excluding diaryl/α,β-unsaturated/α-hetero) is 1. The molecule has 1 aromatic heterocycles. The maximum Gasteiger partial charge on any atom is 0.295 e. The van der Waals surface area contributed by atoms with Crippen molar-refractivity contribution in [1.82, 2.24) is 14.8 Å². The van der Waals surface area contributed by atoms with E-state index in [4.69, 9.17) is 4.74 Å². The second kappa shape index (κ2) is 9.04. The lowest BCUT2D eigenvalue weighted by Gasteiger charge is -2.25. The topological polar surface area (TPSA) is 83.0 Å². The normalized spacial score (nSPS) is 18.3. The molecule has 3 rings (SSSR count). The van der Waals surface area contributed by atoms with Gasteiger partial charge in [0, 0.05) is 24.5 Å². The predicted octanol–water partition coefficient (Wildman–Crippen LogP) is 2.60. The second-order valence-electron chi connectivity index (χ2n) is 7.29. The fraction of sp³-hybridized carbons (Fsp3) is 0.318. The number of pyridine rings is 1. The Hall–Kier alpha value is -3.26. The van der Waals surface area contributed by atoms with Gasteiger partial charge >= 0.3 is 0 Å². The summed E-state index contributed by atoms with van der Waals surface area (Å²) < 4.78 is 19.1. The summed E-state index contributed by atoms with van der Waals surface area (Å²) in [6.07, 6.45) is 3.78. The van der Waals surface area contributed by atoms with Crippen molar-refractivity contribution in [1.29, 1.82) is 0 Å². The average molecular weight is 413 g/mol. The van der Waals surface area contributed by atoms with Crippen molar-refractivity contribution in [3.63, 3.8) is 0 Å². The molecule has 0 unspecified atom stereocenters. The molecule has 2 heterocycles. The standard InChI is InChI=1S/C22H24FN3O4/c1-25(2)10-5-11-26-19(15-6-4-9-24-13-15)18(21(28)22(26)29)20(27)14-7-8-17(30-3)16(23)12-14/h4,6-9,12-13,19,27H,5,10-11H2,1-3H3/t19-/m0/s1. The van der Waals surface area contributed by atoms with Crippen LogP contribution in [0, 0.1) is 5.82 Å². The molecular weight excluding hydrogens is 389 g/mol. The maximum absolute atomic E-state index is 14.2. The molecule has 1 saturated heterocycles. The first-order valence-electron chi connectivity index (χ1n) is 9.52. The molecule has 1 atom stereocenters. The smallest absolute Gasteiger partial charge is 0.295 e. The number of halogens is 1. The van der Waals surface area contributed by atoms with E-state index in [1.807, 2.05) is 19.0 Å². The summed E-state index contributed by atoms with van der Waals surface area (Å²) in [7, 11) is 5.18. The number of benzene rings is 1. The first-order chi connectivity index (χ1) is 14.3. The molecule has 1 aliphatic heterocycles. The number of hydrogen-bond donors (Lipinski definition) is 1. The zero-order valence-electron chi connectivity index (χ0n) is 17.1. The van der Waals surface area contributed by atoms with Gasteiger partial charge in [0.05, 0.1) is 18.7 Å². The van der Waals surface area contributed by atoms with Crippen LogP contribution in [-0.2, 0) is 9.59 Å². The molecule has 1 amide bonds. The molecule has 0 bridgehead atoms. The van der Waals surface area contributed by atoms with Crippen molar-refractivity contribution >= 4 is 17.4 Å². The molecule has 1 aromatic carbocycles. The molecule has 0 radical (unpaired) electrons. The summed E-state index contributed by atoms with van der Waals surface area (Å²) in [6.45, 7) is 1.06. The van der Waals surface area contributed by atoms with Crippen LogP contribution in [0.1, 0.15) is 23.6 Å². The average Bonchev–Trinajstić information content (AvgIpc) is 2.98. The van der Waals surface area contributed by atoms with Crippen LogP contribution in [0.2, 0.25) is 0 Å². The van der Waals surface area contributed by atoms with Crippen LogP contribution >= 0.6 is 0 Å². The minimum atomic E-state index is -0.803. The number of rotatable bonds is 7. The van der Waals surface area contributed by atoms with Crippen LogP contribution in [-0.4, -0.2) is 65.9 Å². The zero-order chi connectivity index (χ0) is 21.8. The van der Waals surface area contributed by atoms with Gasteiger partial charge in [-0.05, 0) is 56.9 Å². The maximum atomic E-state index is 14.2. The van der Waals surface area contributed by atoms with Crippen molar-refractivity contribution < 1.29 is 23.8 Å². The van der Waals surface area contributed by atoms with E-state index in [1.54, 1.807) is 24.5 Å². The number of amides is 1. The highest BCUT2D eigenvalue weighted by Gasteiger charge is 2.45. The van der Waals surface area contributed by atoms with Gasteiger partial charge in [-0.2, -0.15) is 0 Å². The second-order valence-corrected chi connectivity index (χ2v) is 7.29. The Morgan fingerprint density at radius 2 is 2.07 bits per heavy atom. The van der Waals surface area contributed by atoms with E-state index in [-0.39, 0.29) is 16.9 Å². The van der Waals surface area contributed by atoms with Gasteiger partial charge in [-0.1, -0.05) is 6.07 Å². The number of aliphatic hydroxyl groups is 1. The van der Waals surface area contributed by atoms with E-state index < -0.39 is 29.3 Å². The summed E-state index contributed by atoms with van der Waals surface area (Å²) >= 11 is 0. The summed E-state index contributed by atoms with van der Waals surface area (Å²) in [4.78, 5) is 33.2. The van der Waals surface area contributed by atoms with E-state index in [1.165, 1.54) is 24.1 Å². The Labute approximate surface area is 174 Å². The van der Waals surface area contributed by atoms with Gasteiger partial charge in [0.25, 0.3) is 11.7 Å². The molecule has 8 heteroatoms. The third-order valence-corrected chi connectivity index (χ3v) is 4.97. The van der Waals surface area contributed by atoms with Crippen LogP contribution in [0.5, 0.6) is 5.75 Å². The number of likely N-dealkylation sites (tertiary alicyclic amines) is 1. The van der Waals surface area contributed by atoms with Gasteiger partial charge in [0.2, 0.25) is 0 Å². The van der Waals surface area contributed by atoms with Crippen LogP contribution < -0.4 is 4.74 Å². The SMILES string of the molecule is COc1ccc(C(O)=C2C(=O)C(=O)N(CCCN(C)C)[C@H]2c2cccnc2)cc1F. The van der Waals surface area contributed by atoms with Gasteiger partial charge in [-0.25, -0.2) is 4.39 Å². The number of aromatic nitrogens is 1. The largest absolute Gasteiger partial charge is 0.507 e. The third kappa shape index (κ3) is 4.18. The number of nitrogens with zero attached hydrogens (tertiary/aromatic N) is 3. The van der Waals surface area contributed by atoms with Crippen LogP contribution in [0.4, 0.5) is 4.39 Å². The Morgan fingerprint density at radius 1 is 1.30 bits per heavy atom. The molecule has 0 aliphatic carbocycles. The first kappa shape index (κ1) is 21.4. The predicted molar refractivity (Wildman–Crippen MR) is 109 cm³/mol. The minimum Gasteiger partial charge on any atom is -0.507 e.